The maximum absolute atomic E-state index is 12.7. The van der Waals surface area contributed by atoms with Crippen molar-refractivity contribution in [2.75, 3.05) is 11.9 Å². The minimum Gasteiger partial charge on any atom is -0.363 e. The summed E-state index contributed by atoms with van der Waals surface area (Å²) in [6, 6.07) is 19.4. The van der Waals surface area contributed by atoms with Crippen molar-refractivity contribution in [3.63, 3.8) is 0 Å². The van der Waals surface area contributed by atoms with E-state index in [4.69, 9.17) is 4.74 Å². The predicted octanol–water partition coefficient (Wildman–Crippen LogP) is 3.12. The first kappa shape index (κ1) is 14.7. The van der Waals surface area contributed by atoms with Gasteiger partial charge in [0.15, 0.2) is 6.10 Å². The maximum atomic E-state index is 12.7. The molecule has 1 N–H and O–H groups in total. The smallest absolute Gasteiger partial charge is 0.259 e. The molecule has 4 rings (SSSR count). The molecule has 1 aliphatic rings. The third-order valence-corrected chi connectivity index (χ3v) is 4.13. The van der Waals surface area contributed by atoms with Gasteiger partial charge in [-0.05, 0) is 29.7 Å². The van der Waals surface area contributed by atoms with E-state index in [1.54, 1.807) is 16.9 Å². The number of benzene rings is 2. The predicted molar refractivity (Wildman–Crippen MR) is 91.0 cm³/mol. The number of carbonyl (C=O) groups is 1. The number of aromatic nitrogens is 2. The van der Waals surface area contributed by atoms with Gasteiger partial charge in [-0.3, -0.25) is 4.79 Å². The summed E-state index contributed by atoms with van der Waals surface area (Å²) in [7, 11) is 0. The number of fused-ring (bicyclic) bond motifs is 1. The first-order valence-electron chi connectivity index (χ1n) is 7.92. The number of amides is 1. The maximum Gasteiger partial charge on any atom is 0.259 e. The van der Waals surface area contributed by atoms with Crippen molar-refractivity contribution < 1.29 is 9.53 Å². The second kappa shape index (κ2) is 6.29. The van der Waals surface area contributed by atoms with E-state index in [1.807, 2.05) is 54.6 Å². The molecule has 1 aromatic heterocycles. The van der Waals surface area contributed by atoms with Crippen molar-refractivity contribution in [1.29, 1.82) is 0 Å². The fourth-order valence-corrected chi connectivity index (χ4v) is 2.98. The van der Waals surface area contributed by atoms with Crippen molar-refractivity contribution in [3.05, 3.63) is 78.0 Å². The molecule has 2 heterocycles. The summed E-state index contributed by atoms with van der Waals surface area (Å²) >= 11 is 0. The minimum atomic E-state index is -0.589. The van der Waals surface area contributed by atoms with Crippen LogP contribution in [0.4, 0.5) is 5.82 Å². The Kier molecular flexibility index (Phi) is 3.84. The van der Waals surface area contributed by atoms with E-state index in [-0.39, 0.29) is 5.91 Å². The van der Waals surface area contributed by atoms with Crippen molar-refractivity contribution >= 4 is 11.7 Å². The Hall–Kier alpha value is -2.92. The van der Waals surface area contributed by atoms with Gasteiger partial charge >= 0.3 is 0 Å². The largest absolute Gasteiger partial charge is 0.363 e. The number of para-hydroxylation sites is 1. The average molecular weight is 319 g/mol. The minimum absolute atomic E-state index is 0.181. The summed E-state index contributed by atoms with van der Waals surface area (Å²) in [5.41, 5.74) is 3.00. The molecule has 0 fully saturated rings. The van der Waals surface area contributed by atoms with Gasteiger partial charge in [-0.2, -0.15) is 5.10 Å². The Bertz CT molecular complexity index is 858. The molecule has 120 valence electrons. The summed E-state index contributed by atoms with van der Waals surface area (Å²) in [4.78, 5) is 12.7. The molecule has 0 saturated carbocycles. The summed E-state index contributed by atoms with van der Waals surface area (Å²) in [5, 5.41) is 7.23. The number of hydrogen-bond donors (Lipinski definition) is 1. The Labute approximate surface area is 139 Å². The number of rotatable bonds is 3. The summed E-state index contributed by atoms with van der Waals surface area (Å²) in [6.07, 6.45) is 1.91. The summed E-state index contributed by atoms with van der Waals surface area (Å²) < 4.78 is 7.42. The van der Waals surface area contributed by atoms with Crippen LogP contribution in [0.2, 0.25) is 0 Å². The van der Waals surface area contributed by atoms with Gasteiger partial charge in [0.1, 0.15) is 5.82 Å². The molecule has 0 radical (unpaired) electrons. The lowest BCUT2D eigenvalue weighted by atomic mass is 9.97. The number of ether oxygens (including phenoxy) is 1. The molecular formula is C19H17N3O2. The van der Waals surface area contributed by atoms with Gasteiger partial charge in [-0.25, -0.2) is 4.68 Å². The van der Waals surface area contributed by atoms with Crippen LogP contribution >= 0.6 is 0 Å². The van der Waals surface area contributed by atoms with Crippen LogP contribution in [0.15, 0.2) is 66.9 Å². The van der Waals surface area contributed by atoms with E-state index in [2.05, 4.69) is 10.4 Å². The topological polar surface area (TPSA) is 56.2 Å². The number of carbonyl (C=O) groups excluding carboxylic acids is 1. The highest BCUT2D eigenvalue weighted by molar-refractivity contribution is 5.94. The molecule has 0 spiro atoms. The summed E-state index contributed by atoms with van der Waals surface area (Å²) in [5.74, 6) is 0.442. The molecule has 0 aliphatic carbocycles. The zero-order chi connectivity index (χ0) is 16.4. The second-order valence-electron chi connectivity index (χ2n) is 5.65. The monoisotopic (exact) mass is 319 g/mol. The van der Waals surface area contributed by atoms with Crippen molar-refractivity contribution in [3.8, 4) is 5.69 Å². The van der Waals surface area contributed by atoms with E-state index in [9.17, 15) is 4.79 Å². The van der Waals surface area contributed by atoms with Gasteiger partial charge in [-0.15, -0.1) is 0 Å². The van der Waals surface area contributed by atoms with Crippen molar-refractivity contribution in [2.45, 2.75) is 12.5 Å². The van der Waals surface area contributed by atoms with Gasteiger partial charge in [0, 0.05) is 6.07 Å². The fraction of sp³-hybridized carbons (Fsp3) is 0.158. The molecular weight excluding hydrogens is 302 g/mol. The van der Waals surface area contributed by atoms with Gasteiger partial charge in [0.2, 0.25) is 0 Å². The molecule has 1 amide bonds. The number of hydrogen-bond acceptors (Lipinski definition) is 3. The molecule has 1 atom stereocenters. The molecule has 5 nitrogen and oxygen atoms in total. The first-order valence-corrected chi connectivity index (χ1v) is 7.92. The van der Waals surface area contributed by atoms with Crippen LogP contribution < -0.4 is 5.32 Å². The highest BCUT2D eigenvalue weighted by atomic mass is 16.5. The average Bonchev–Trinajstić information content (AvgIpc) is 3.10. The van der Waals surface area contributed by atoms with Crippen molar-refractivity contribution in [2.24, 2.45) is 0 Å². The lowest BCUT2D eigenvalue weighted by Crippen LogP contribution is -2.29. The zero-order valence-corrected chi connectivity index (χ0v) is 13.1. The van der Waals surface area contributed by atoms with Crippen LogP contribution in [0.25, 0.3) is 5.69 Å². The highest BCUT2D eigenvalue weighted by Gasteiger charge is 2.27. The van der Waals surface area contributed by atoms with Crippen LogP contribution in [-0.2, 0) is 16.0 Å². The third-order valence-electron chi connectivity index (χ3n) is 4.13. The number of nitrogens with one attached hydrogen (secondary N) is 1. The van der Waals surface area contributed by atoms with Crippen LogP contribution in [0, 0.1) is 0 Å². The second-order valence-corrected chi connectivity index (χ2v) is 5.65. The fourth-order valence-electron chi connectivity index (χ4n) is 2.98. The zero-order valence-electron chi connectivity index (χ0n) is 13.1. The van der Waals surface area contributed by atoms with E-state index >= 15 is 0 Å². The molecule has 24 heavy (non-hydrogen) atoms. The Morgan fingerprint density at radius 2 is 1.88 bits per heavy atom. The summed E-state index contributed by atoms with van der Waals surface area (Å²) in [6.45, 7) is 0.549. The van der Waals surface area contributed by atoms with Crippen molar-refractivity contribution in [1.82, 2.24) is 9.78 Å². The van der Waals surface area contributed by atoms with Gasteiger partial charge in [0.05, 0.1) is 18.5 Å². The molecule has 0 saturated heterocycles. The van der Waals surface area contributed by atoms with Gasteiger partial charge in [0.25, 0.3) is 5.91 Å². The molecule has 0 unspecified atom stereocenters. The Morgan fingerprint density at radius 1 is 1.08 bits per heavy atom. The van der Waals surface area contributed by atoms with E-state index in [0.717, 1.165) is 17.7 Å². The SMILES string of the molecule is O=C(Nc1ccnn1-c1ccccc1)[C@@H]1OCCc2ccccc21. The number of anilines is 1. The molecule has 3 aromatic rings. The molecule has 1 aliphatic heterocycles. The van der Waals surface area contributed by atoms with E-state index in [0.29, 0.717) is 12.4 Å². The quantitative estimate of drug-likeness (QED) is 0.807. The van der Waals surface area contributed by atoms with E-state index in [1.165, 1.54) is 5.56 Å². The number of nitrogens with zero attached hydrogens (tertiary/aromatic N) is 2. The van der Waals surface area contributed by atoms with Crippen LogP contribution in [0.3, 0.4) is 0 Å². The Morgan fingerprint density at radius 3 is 2.75 bits per heavy atom. The third kappa shape index (κ3) is 2.70. The molecule has 0 bridgehead atoms. The van der Waals surface area contributed by atoms with Crippen LogP contribution in [0.5, 0.6) is 0 Å². The van der Waals surface area contributed by atoms with Gasteiger partial charge < -0.3 is 10.1 Å². The first-order chi connectivity index (χ1) is 11.8. The normalized spacial score (nSPS) is 16.4. The van der Waals surface area contributed by atoms with Crippen LogP contribution in [-0.4, -0.2) is 22.3 Å². The van der Waals surface area contributed by atoms with E-state index < -0.39 is 6.10 Å². The van der Waals surface area contributed by atoms with Gasteiger partial charge in [-0.1, -0.05) is 42.5 Å². The lowest BCUT2D eigenvalue weighted by molar-refractivity contribution is -0.128. The standard InChI is InChI=1S/C19H17N3O2/c23-19(18-16-9-5-4-6-14(16)11-13-24-18)21-17-10-12-20-22(17)15-7-2-1-3-8-15/h1-10,12,18H,11,13H2,(H,21,23)/t18-/m1/s1. The molecule has 5 heteroatoms. The highest BCUT2D eigenvalue weighted by Crippen LogP contribution is 2.28. The lowest BCUT2D eigenvalue weighted by Gasteiger charge is -2.25. The molecule has 2 aromatic carbocycles. The van der Waals surface area contributed by atoms with Crippen LogP contribution in [0.1, 0.15) is 17.2 Å². The Balaban J connectivity index is 1.60.